The number of carbonyl (C=O) groups is 1. The molecule has 4 nitrogen and oxygen atoms in total. The molecular weight excluding hydrogens is 218 g/mol. The quantitative estimate of drug-likeness (QED) is 0.744. The van der Waals surface area contributed by atoms with Crippen LogP contribution >= 0.6 is 0 Å². The van der Waals surface area contributed by atoms with Gasteiger partial charge in [0.1, 0.15) is 0 Å². The van der Waals surface area contributed by atoms with Gasteiger partial charge in [-0.2, -0.15) is 0 Å². The molecule has 0 radical (unpaired) electrons. The summed E-state index contributed by atoms with van der Waals surface area (Å²) < 4.78 is 11.5. The van der Waals surface area contributed by atoms with Gasteiger partial charge in [0.2, 0.25) is 5.91 Å². The van der Waals surface area contributed by atoms with Gasteiger partial charge in [0.25, 0.3) is 0 Å². The molecule has 1 fully saturated rings. The highest BCUT2D eigenvalue weighted by Gasteiger charge is 2.23. The molecule has 0 bridgehead atoms. The molecule has 0 saturated heterocycles. The number of hydrogen-bond donors (Lipinski definition) is 1. The van der Waals surface area contributed by atoms with Crippen molar-refractivity contribution in [2.75, 3.05) is 6.61 Å². The first kappa shape index (κ1) is 14.5. The minimum Gasteiger partial charge on any atom is -0.378 e. The van der Waals surface area contributed by atoms with E-state index in [4.69, 9.17) is 15.2 Å². The average molecular weight is 243 g/mol. The number of carbonyl (C=O) groups excluding carboxylic acids is 1. The fourth-order valence-corrected chi connectivity index (χ4v) is 2.09. The SMILES string of the molecule is CCC(C)OC1CCC(OCCC(N)=O)CC1. The predicted octanol–water partition coefficient (Wildman–Crippen LogP) is 2.00. The standard InChI is InChI=1S/C13H25NO3/c1-3-10(2)17-12-6-4-11(5-7-12)16-9-8-13(14)15/h10-12H,3-9H2,1-2H3,(H2,14,15). The third-order valence-electron chi connectivity index (χ3n) is 3.32. The summed E-state index contributed by atoms with van der Waals surface area (Å²) >= 11 is 0. The minimum atomic E-state index is -0.293. The van der Waals surface area contributed by atoms with E-state index in [0.29, 0.717) is 25.2 Å². The Morgan fingerprint density at radius 3 is 2.41 bits per heavy atom. The second kappa shape index (κ2) is 7.67. The van der Waals surface area contributed by atoms with Crippen molar-refractivity contribution in [1.82, 2.24) is 0 Å². The van der Waals surface area contributed by atoms with Crippen LogP contribution in [0.3, 0.4) is 0 Å². The van der Waals surface area contributed by atoms with Crippen LogP contribution < -0.4 is 5.73 Å². The van der Waals surface area contributed by atoms with E-state index in [-0.39, 0.29) is 12.0 Å². The average Bonchev–Trinajstić information content (AvgIpc) is 2.31. The van der Waals surface area contributed by atoms with Crippen LogP contribution in [0.2, 0.25) is 0 Å². The first-order valence-corrected chi connectivity index (χ1v) is 6.67. The van der Waals surface area contributed by atoms with Crippen LogP contribution in [0.1, 0.15) is 52.4 Å². The molecule has 1 aliphatic rings. The molecule has 17 heavy (non-hydrogen) atoms. The molecule has 0 aromatic carbocycles. The first-order valence-electron chi connectivity index (χ1n) is 6.67. The summed E-state index contributed by atoms with van der Waals surface area (Å²) in [7, 11) is 0. The van der Waals surface area contributed by atoms with Crippen molar-refractivity contribution in [3.63, 3.8) is 0 Å². The van der Waals surface area contributed by atoms with E-state index in [1.54, 1.807) is 0 Å². The minimum absolute atomic E-state index is 0.283. The lowest BCUT2D eigenvalue weighted by molar-refractivity contribution is -0.120. The van der Waals surface area contributed by atoms with Crippen LogP contribution in [0.15, 0.2) is 0 Å². The molecule has 4 heteroatoms. The third kappa shape index (κ3) is 6.03. The highest BCUT2D eigenvalue weighted by molar-refractivity contribution is 5.73. The molecule has 0 heterocycles. The molecule has 1 aliphatic carbocycles. The van der Waals surface area contributed by atoms with Crippen LogP contribution in [-0.2, 0) is 14.3 Å². The molecule has 1 amide bonds. The summed E-state index contributed by atoms with van der Waals surface area (Å²) in [4.78, 5) is 10.6. The number of rotatable bonds is 7. The van der Waals surface area contributed by atoms with Crippen molar-refractivity contribution in [2.24, 2.45) is 5.73 Å². The molecule has 1 saturated carbocycles. The second-order valence-electron chi connectivity index (χ2n) is 4.84. The van der Waals surface area contributed by atoms with Crippen molar-refractivity contribution in [2.45, 2.75) is 70.7 Å². The van der Waals surface area contributed by atoms with Crippen molar-refractivity contribution in [3.8, 4) is 0 Å². The Morgan fingerprint density at radius 2 is 1.88 bits per heavy atom. The van der Waals surface area contributed by atoms with E-state index in [9.17, 15) is 4.79 Å². The maximum Gasteiger partial charge on any atom is 0.219 e. The van der Waals surface area contributed by atoms with E-state index >= 15 is 0 Å². The van der Waals surface area contributed by atoms with E-state index < -0.39 is 0 Å². The molecular formula is C13H25NO3. The molecule has 2 N–H and O–H groups in total. The van der Waals surface area contributed by atoms with E-state index in [1.165, 1.54) is 0 Å². The van der Waals surface area contributed by atoms with Crippen LogP contribution in [0, 0.1) is 0 Å². The lowest BCUT2D eigenvalue weighted by Crippen LogP contribution is -2.29. The number of amides is 1. The van der Waals surface area contributed by atoms with Crippen LogP contribution in [0.5, 0.6) is 0 Å². The summed E-state index contributed by atoms with van der Waals surface area (Å²) in [6.45, 7) is 4.72. The van der Waals surface area contributed by atoms with Gasteiger partial charge in [-0.15, -0.1) is 0 Å². The summed E-state index contributed by atoms with van der Waals surface area (Å²) in [6.07, 6.45) is 6.59. The Kier molecular flexibility index (Phi) is 6.52. The fraction of sp³-hybridized carbons (Fsp3) is 0.923. The Hall–Kier alpha value is -0.610. The predicted molar refractivity (Wildman–Crippen MR) is 66.6 cm³/mol. The normalized spacial score (nSPS) is 26.7. The second-order valence-corrected chi connectivity index (χ2v) is 4.84. The highest BCUT2D eigenvalue weighted by Crippen LogP contribution is 2.24. The van der Waals surface area contributed by atoms with Crippen molar-refractivity contribution < 1.29 is 14.3 Å². The van der Waals surface area contributed by atoms with E-state index in [1.807, 2.05) is 0 Å². The summed E-state index contributed by atoms with van der Waals surface area (Å²) in [5.74, 6) is -0.293. The van der Waals surface area contributed by atoms with Crippen molar-refractivity contribution >= 4 is 5.91 Å². The lowest BCUT2D eigenvalue weighted by atomic mass is 9.94. The smallest absolute Gasteiger partial charge is 0.219 e. The largest absolute Gasteiger partial charge is 0.378 e. The van der Waals surface area contributed by atoms with Crippen LogP contribution in [0.4, 0.5) is 0 Å². The van der Waals surface area contributed by atoms with Gasteiger partial charge in [-0.3, -0.25) is 4.79 Å². The third-order valence-corrected chi connectivity index (χ3v) is 3.32. The summed E-state index contributed by atoms with van der Waals surface area (Å²) in [5.41, 5.74) is 5.06. The van der Waals surface area contributed by atoms with Gasteiger partial charge in [-0.05, 0) is 39.0 Å². The molecule has 1 unspecified atom stereocenters. The number of ether oxygens (including phenoxy) is 2. The number of hydrogen-bond acceptors (Lipinski definition) is 3. The fourth-order valence-electron chi connectivity index (χ4n) is 2.09. The zero-order chi connectivity index (χ0) is 12.7. The van der Waals surface area contributed by atoms with E-state index in [2.05, 4.69) is 13.8 Å². The highest BCUT2D eigenvalue weighted by atomic mass is 16.5. The molecule has 1 atom stereocenters. The Morgan fingerprint density at radius 1 is 1.29 bits per heavy atom. The maximum absolute atomic E-state index is 10.6. The van der Waals surface area contributed by atoms with E-state index in [0.717, 1.165) is 32.1 Å². The van der Waals surface area contributed by atoms with Gasteiger partial charge in [-0.25, -0.2) is 0 Å². The molecule has 0 spiro atoms. The van der Waals surface area contributed by atoms with Crippen LogP contribution in [-0.4, -0.2) is 30.8 Å². The topological polar surface area (TPSA) is 61.6 Å². The lowest BCUT2D eigenvalue weighted by Gasteiger charge is -2.30. The zero-order valence-corrected chi connectivity index (χ0v) is 11.0. The van der Waals surface area contributed by atoms with Gasteiger partial charge >= 0.3 is 0 Å². The van der Waals surface area contributed by atoms with Gasteiger partial charge in [0.15, 0.2) is 0 Å². The Bertz CT molecular complexity index is 225. The van der Waals surface area contributed by atoms with Crippen molar-refractivity contribution in [3.05, 3.63) is 0 Å². The van der Waals surface area contributed by atoms with Gasteiger partial charge in [0, 0.05) is 6.42 Å². The van der Waals surface area contributed by atoms with Gasteiger partial charge < -0.3 is 15.2 Å². The van der Waals surface area contributed by atoms with Crippen LogP contribution in [0.25, 0.3) is 0 Å². The summed E-state index contributed by atoms with van der Waals surface area (Å²) in [5, 5.41) is 0. The van der Waals surface area contributed by atoms with Crippen molar-refractivity contribution in [1.29, 1.82) is 0 Å². The van der Waals surface area contributed by atoms with Gasteiger partial charge in [0.05, 0.1) is 24.9 Å². The molecule has 0 aliphatic heterocycles. The molecule has 0 aromatic rings. The maximum atomic E-state index is 10.6. The number of primary amides is 1. The monoisotopic (exact) mass is 243 g/mol. The van der Waals surface area contributed by atoms with Gasteiger partial charge in [-0.1, -0.05) is 6.92 Å². The molecule has 0 aromatic heterocycles. The summed E-state index contributed by atoms with van der Waals surface area (Å²) in [6, 6.07) is 0. The first-order chi connectivity index (χ1) is 8.11. The number of nitrogens with two attached hydrogens (primary N) is 1. The zero-order valence-electron chi connectivity index (χ0n) is 11.0. The molecule has 100 valence electrons. The Labute approximate surface area is 104 Å². The Balaban J connectivity index is 2.11. The molecule has 1 rings (SSSR count).